The van der Waals surface area contributed by atoms with Crippen LogP contribution in [0.25, 0.3) is 10.9 Å². The Bertz CT molecular complexity index is 654. The Morgan fingerprint density at radius 3 is 2.52 bits per heavy atom. The van der Waals surface area contributed by atoms with Gasteiger partial charge in [-0.15, -0.1) is 0 Å². The van der Waals surface area contributed by atoms with Gasteiger partial charge in [-0.25, -0.2) is 0 Å². The third kappa shape index (κ3) is 2.24. The predicted molar refractivity (Wildman–Crippen MR) is 78.7 cm³/mol. The predicted octanol–water partition coefficient (Wildman–Crippen LogP) is 2.74. The molecular formula is C17H19NO3. The van der Waals surface area contributed by atoms with E-state index in [4.69, 9.17) is 9.47 Å². The van der Waals surface area contributed by atoms with E-state index in [1.807, 2.05) is 30.3 Å². The minimum atomic E-state index is -0.799. The first-order chi connectivity index (χ1) is 10.2. The molecular weight excluding hydrogens is 266 g/mol. The molecule has 1 saturated heterocycles. The van der Waals surface area contributed by atoms with Crippen molar-refractivity contribution in [3.05, 3.63) is 42.1 Å². The van der Waals surface area contributed by atoms with Crippen molar-refractivity contribution in [2.75, 3.05) is 13.2 Å². The molecule has 2 aromatic rings. The van der Waals surface area contributed by atoms with Crippen molar-refractivity contribution in [3.63, 3.8) is 0 Å². The molecule has 1 aliphatic carbocycles. The van der Waals surface area contributed by atoms with E-state index in [9.17, 15) is 5.11 Å². The van der Waals surface area contributed by atoms with Crippen molar-refractivity contribution < 1.29 is 14.6 Å². The number of ether oxygens (including phenoxy) is 2. The van der Waals surface area contributed by atoms with Gasteiger partial charge >= 0.3 is 0 Å². The molecule has 2 fully saturated rings. The van der Waals surface area contributed by atoms with Crippen LogP contribution < -0.4 is 0 Å². The maximum atomic E-state index is 11.0. The van der Waals surface area contributed by atoms with Crippen LogP contribution in [0.2, 0.25) is 0 Å². The topological polar surface area (TPSA) is 51.6 Å². The van der Waals surface area contributed by atoms with Gasteiger partial charge in [-0.2, -0.15) is 0 Å². The molecule has 1 spiro atoms. The molecule has 4 nitrogen and oxygen atoms in total. The van der Waals surface area contributed by atoms with E-state index in [-0.39, 0.29) is 0 Å². The third-order valence-corrected chi connectivity index (χ3v) is 4.80. The van der Waals surface area contributed by atoms with E-state index in [1.165, 1.54) is 0 Å². The van der Waals surface area contributed by atoms with Crippen molar-refractivity contribution in [1.82, 2.24) is 4.98 Å². The standard InChI is InChI=1S/C17H19NO3/c19-16(5-7-17(8-6-16)20-10-11-21-17)14-4-3-13-2-1-9-18-15(13)12-14/h1-4,9,12,19H,5-8,10-11H2. The molecule has 0 bridgehead atoms. The molecule has 4 heteroatoms. The van der Waals surface area contributed by atoms with Gasteiger partial charge in [0.25, 0.3) is 0 Å². The maximum Gasteiger partial charge on any atom is 0.168 e. The highest BCUT2D eigenvalue weighted by atomic mass is 16.7. The molecule has 1 aromatic carbocycles. The van der Waals surface area contributed by atoms with Gasteiger partial charge in [0.2, 0.25) is 0 Å². The van der Waals surface area contributed by atoms with Crippen LogP contribution in [0.1, 0.15) is 31.2 Å². The van der Waals surface area contributed by atoms with E-state index in [0.717, 1.165) is 29.3 Å². The number of fused-ring (bicyclic) bond motifs is 1. The SMILES string of the molecule is OC1(c2ccc3cccnc3c2)CCC2(CC1)OCCO2. The summed E-state index contributed by atoms with van der Waals surface area (Å²) in [5.41, 5.74) is 1.07. The molecule has 2 aliphatic rings. The molecule has 1 N–H and O–H groups in total. The van der Waals surface area contributed by atoms with Crippen molar-refractivity contribution in [2.24, 2.45) is 0 Å². The number of aromatic nitrogens is 1. The average molecular weight is 285 g/mol. The van der Waals surface area contributed by atoms with E-state index in [1.54, 1.807) is 6.20 Å². The van der Waals surface area contributed by atoms with Gasteiger partial charge in [0.15, 0.2) is 5.79 Å². The lowest BCUT2D eigenvalue weighted by Gasteiger charge is -2.40. The quantitative estimate of drug-likeness (QED) is 0.875. The van der Waals surface area contributed by atoms with Gasteiger partial charge in [0.05, 0.1) is 24.3 Å². The summed E-state index contributed by atoms with van der Waals surface area (Å²) in [4.78, 5) is 4.38. The zero-order chi connectivity index (χ0) is 14.3. The number of rotatable bonds is 1. The minimum Gasteiger partial charge on any atom is -0.385 e. The first kappa shape index (κ1) is 13.2. The summed E-state index contributed by atoms with van der Waals surface area (Å²) in [5.74, 6) is -0.443. The van der Waals surface area contributed by atoms with Crippen LogP contribution in [0.5, 0.6) is 0 Å². The number of benzene rings is 1. The van der Waals surface area contributed by atoms with Gasteiger partial charge in [0, 0.05) is 24.4 Å². The third-order valence-electron chi connectivity index (χ3n) is 4.80. The summed E-state index contributed by atoms with van der Waals surface area (Å²) >= 11 is 0. The van der Waals surface area contributed by atoms with Crippen molar-refractivity contribution >= 4 is 10.9 Å². The van der Waals surface area contributed by atoms with Gasteiger partial charge in [-0.3, -0.25) is 4.98 Å². The Labute approximate surface area is 123 Å². The van der Waals surface area contributed by atoms with Crippen LogP contribution in [0.15, 0.2) is 36.5 Å². The molecule has 1 aliphatic heterocycles. The number of hydrogen-bond acceptors (Lipinski definition) is 4. The fraction of sp³-hybridized carbons (Fsp3) is 0.471. The van der Waals surface area contributed by atoms with Crippen molar-refractivity contribution in [1.29, 1.82) is 0 Å². The van der Waals surface area contributed by atoms with Crippen LogP contribution in [0.4, 0.5) is 0 Å². The van der Waals surface area contributed by atoms with Crippen LogP contribution in [-0.2, 0) is 15.1 Å². The fourth-order valence-corrected chi connectivity index (χ4v) is 3.47. The smallest absolute Gasteiger partial charge is 0.168 e. The van der Waals surface area contributed by atoms with Crippen molar-refractivity contribution in [3.8, 4) is 0 Å². The van der Waals surface area contributed by atoms with E-state index in [0.29, 0.717) is 26.1 Å². The lowest BCUT2D eigenvalue weighted by atomic mass is 9.77. The van der Waals surface area contributed by atoms with E-state index < -0.39 is 11.4 Å². The summed E-state index contributed by atoms with van der Waals surface area (Å²) in [6, 6.07) is 10.0. The van der Waals surface area contributed by atoms with Gasteiger partial charge in [0.1, 0.15) is 0 Å². The largest absolute Gasteiger partial charge is 0.385 e. The minimum absolute atomic E-state index is 0.443. The highest BCUT2D eigenvalue weighted by Gasteiger charge is 2.46. The van der Waals surface area contributed by atoms with Crippen LogP contribution in [0, 0.1) is 0 Å². The normalized spacial score (nSPS) is 23.7. The van der Waals surface area contributed by atoms with Crippen LogP contribution >= 0.6 is 0 Å². The molecule has 1 aromatic heterocycles. The van der Waals surface area contributed by atoms with E-state index in [2.05, 4.69) is 4.98 Å². The molecule has 2 heterocycles. The van der Waals surface area contributed by atoms with E-state index >= 15 is 0 Å². The number of pyridine rings is 1. The Balaban J connectivity index is 1.62. The Morgan fingerprint density at radius 2 is 1.76 bits per heavy atom. The maximum absolute atomic E-state index is 11.0. The summed E-state index contributed by atoms with van der Waals surface area (Å²) in [6.07, 6.45) is 4.58. The second kappa shape index (κ2) is 4.77. The van der Waals surface area contributed by atoms with Gasteiger partial charge in [-0.1, -0.05) is 18.2 Å². The summed E-state index contributed by atoms with van der Waals surface area (Å²) in [5, 5.41) is 12.1. The van der Waals surface area contributed by atoms with Crippen LogP contribution in [0.3, 0.4) is 0 Å². The first-order valence-corrected chi connectivity index (χ1v) is 7.55. The highest BCUT2D eigenvalue weighted by Crippen LogP contribution is 2.45. The molecule has 110 valence electrons. The van der Waals surface area contributed by atoms with Crippen molar-refractivity contribution in [2.45, 2.75) is 37.1 Å². The molecule has 0 radical (unpaired) electrons. The molecule has 0 amide bonds. The molecule has 0 unspecified atom stereocenters. The average Bonchev–Trinajstić information content (AvgIpc) is 2.99. The Morgan fingerprint density at radius 1 is 1.00 bits per heavy atom. The molecule has 0 atom stereocenters. The lowest BCUT2D eigenvalue weighted by molar-refractivity contribution is -0.204. The first-order valence-electron chi connectivity index (χ1n) is 7.55. The molecule has 21 heavy (non-hydrogen) atoms. The van der Waals surface area contributed by atoms with Crippen LogP contribution in [-0.4, -0.2) is 29.1 Å². The van der Waals surface area contributed by atoms with Gasteiger partial charge < -0.3 is 14.6 Å². The molecule has 1 saturated carbocycles. The summed E-state index contributed by atoms with van der Waals surface area (Å²) in [7, 11) is 0. The monoisotopic (exact) mass is 285 g/mol. The Hall–Kier alpha value is -1.49. The fourth-order valence-electron chi connectivity index (χ4n) is 3.47. The second-order valence-electron chi connectivity index (χ2n) is 6.05. The number of hydrogen-bond donors (Lipinski definition) is 1. The second-order valence-corrected chi connectivity index (χ2v) is 6.05. The Kier molecular flexibility index (Phi) is 2.99. The highest BCUT2D eigenvalue weighted by molar-refractivity contribution is 5.79. The summed E-state index contributed by atoms with van der Waals surface area (Å²) < 4.78 is 11.5. The zero-order valence-corrected chi connectivity index (χ0v) is 11.9. The lowest BCUT2D eigenvalue weighted by Crippen LogP contribution is -2.42. The zero-order valence-electron chi connectivity index (χ0n) is 11.9. The molecule has 4 rings (SSSR count). The summed E-state index contributed by atoms with van der Waals surface area (Å²) in [6.45, 7) is 1.33. The van der Waals surface area contributed by atoms with Gasteiger partial charge in [-0.05, 0) is 30.5 Å². The number of aliphatic hydroxyl groups is 1. The number of nitrogens with zero attached hydrogens (tertiary/aromatic N) is 1.